The number of carbonyl (C=O) groups is 1. The summed E-state index contributed by atoms with van der Waals surface area (Å²) in [6.45, 7) is 0. The van der Waals surface area contributed by atoms with Gasteiger partial charge in [0.2, 0.25) is 0 Å². The van der Waals surface area contributed by atoms with Crippen LogP contribution >= 0.6 is 47.2 Å². The second kappa shape index (κ2) is 5.66. The van der Waals surface area contributed by atoms with E-state index in [4.69, 9.17) is 44.6 Å². The molecular weight excluding hydrogens is 286 g/mol. The fraction of sp³-hybridized carbons (Fsp3) is 0.125. The van der Waals surface area contributed by atoms with Crippen molar-refractivity contribution in [1.82, 2.24) is 0 Å². The maximum absolute atomic E-state index is 10.5. The minimum Gasteiger partial charge on any atom is -0.478 e. The molecular formula is C8H6Cl4O3. The molecule has 0 unspecified atom stereocenters. The van der Waals surface area contributed by atoms with Gasteiger partial charge in [-0.15, -0.1) is 12.4 Å². The Morgan fingerprint density at radius 1 is 1.20 bits per heavy atom. The van der Waals surface area contributed by atoms with Crippen LogP contribution < -0.4 is 4.74 Å². The van der Waals surface area contributed by atoms with Crippen molar-refractivity contribution in [3.63, 3.8) is 0 Å². The van der Waals surface area contributed by atoms with Crippen LogP contribution in [0.3, 0.4) is 0 Å². The van der Waals surface area contributed by atoms with Crippen molar-refractivity contribution in [2.24, 2.45) is 0 Å². The highest BCUT2D eigenvalue weighted by Gasteiger charge is 2.21. The Morgan fingerprint density at radius 2 is 1.67 bits per heavy atom. The highest BCUT2D eigenvalue weighted by molar-refractivity contribution is 6.66. The van der Waals surface area contributed by atoms with Gasteiger partial charge in [-0.25, -0.2) is 4.79 Å². The molecule has 1 aromatic rings. The molecule has 0 saturated carbocycles. The van der Waals surface area contributed by atoms with Crippen molar-refractivity contribution in [2.75, 3.05) is 0 Å². The molecule has 0 atom stereocenters. The Morgan fingerprint density at radius 3 is 2.00 bits per heavy atom. The van der Waals surface area contributed by atoms with Gasteiger partial charge in [-0.3, -0.25) is 0 Å². The Kier molecular flexibility index (Phi) is 5.53. The maximum atomic E-state index is 10.5. The standard InChI is InChI=1S/C8H5Cl3O3.ClH/c9-8(10,11)14-6-3-1-5(2-4-6)7(12)13;/h1-4H,(H,12,13);1H. The quantitative estimate of drug-likeness (QED) is 0.848. The lowest BCUT2D eigenvalue weighted by Crippen LogP contribution is -2.12. The minimum atomic E-state index is -1.84. The molecule has 84 valence electrons. The number of ether oxygens (including phenoxy) is 1. The SMILES string of the molecule is Cl.O=C(O)c1ccc(OC(Cl)(Cl)Cl)cc1. The van der Waals surface area contributed by atoms with E-state index in [1.165, 1.54) is 24.3 Å². The molecule has 0 saturated heterocycles. The van der Waals surface area contributed by atoms with Gasteiger partial charge in [0.1, 0.15) is 5.75 Å². The molecule has 0 aliphatic heterocycles. The van der Waals surface area contributed by atoms with Crippen molar-refractivity contribution < 1.29 is 14.6 Å². The zero-order valence-electron chi connectivity index (χ0n) is 7.12. The first-order valence-corrected chi connectivity index (χ1v) is 4.61. The van der Waals surface area contributed by atoms with E-state index < -0.39 is 9.95 Å². The lowest BCUT2D eigenvalue weighted by molar-refractivity contribution is 0.0697. The first kappa shape index (κ1) is 14.6. The monoisotopic (exact) mass is 290 g/mol. The summed E-state index contributed by atoms with van der Waals surface area (Å²) in [6, 6.07) is 5.53. The fourth-order valence-electron chi connectivity index (χ4n) is 0.799. The van der Waals surface area contributed by atoms with E-state index >= 15 is 0 Å². The van der Waals surface area contributed by atoms with Gasteiger partial charge in [0, 0.05) is 0 Å². The third-order valence-corrected chi connectivity index (χ3v) is 1.57. The molecule has 1 aromatic carbocycles. The average molecular weight is 292 g/mol. The van der Waals surface area contributed by atoms with Crippen molar-refractivity contribution in [3.05, 3.63) is 29.8 Å². The highest BCUT2D eigenvalue weighted by Crippen LogP contribution is 2.29. The third kappa shape index (κ3) is 5.33. The first-order valence-electron chi connectivity index (χ1n) is 3.47. The van der Waals surface area contributed by atoms with Crippen LogP contribution in [0.4, 0.5) is 0 Å². The first-order chi connectivity index (χ1) is 6.38. The van der Waals surface area contributed by atoms with Crippen LogP contribution in [-0.4, -0.2) is 15.1 Å². The molecule has 0 radical (unpaired) electrons. The van der Waals surface area contributed by atoms with Crippen LogP contribution in [0, 0.1) is 0 Å². The number of hydrogen-bond donors (Lipinski definition) is 1. The summed E-state index contributed by atoms with van der Waals surface area (Å²) in [6.07, 6.45) is 0. The summed E-state index contributed by atoms with van der Waals surface area (Å²) in [5, 5.41) is 8.59. The van der Waals surface area contributed by atoms with Crippen LogP contribution in [0.2, 0.25) is 0 Å². The van der Waals surface area contributed by atoms with Gasteiger partial charge >= 0.3 is 9.95 Å². The predicted molar refractivity (Wildman–Crippen MR) is 61.6 cm³/mol. The van der Waals surface area contributed by atoms with Gasteiger partial charge in [-0.2, -0.15) is 0 Å². The number of hydrogen-bond acceptors (Lipinski definition) is 2. The Labute approximate surface area is 107 Å². The van der Waals surface area contributed by atoms with E-state index in [1.807, 2.05) is 0 Å². The number of carboxylic acids is 1. The van der Waals surface area contributed by atoms with E-state index in [-0.39, 0.29) is 23.7 Å². The minimum absolute atomic E-state index is 0. The second-order valence-electron chi connectivity index (χ2n) is 2.38. The largest absolute Gasteiger partial charge is 0.478 e. The van der Waals surface area contributed by atoms with Crippen LogP contribution in [0.1, 0.15) is 10.4 Å². The lowest BCUT2D eigenvalue weighted by atomic mass is 10.2. The van der Waals surface area contributed by atoms with Gasteiger partial charge in [-0.1, -0.05) is 0 Å². The van der Waals surface area contributed by atoms with Crippen LogP contribution in [-0.2, 0) is 0 Å². The van der Waals surface area contributed by atoms with E-state index in [0.717, 1.165) is 0 Å². The van der Waals surface area contributed by atoms with E-state index in [0.29, 0.717) is 0 Å². The number of halogens is 4. The topological polar surface area (TPSA) is 46.5 Å². The molecule has 0 bridgehead atoms. The molecule has 3 nitrogen and oxygen atoms in total. The zero-order chi connectivity index (χ0) is 10.8. The fourth-order valence-corrected chi connectivity index (χ4v) is 1.07. The second-order valence-corrected chi connectivity index (χ2v) is 4.55. The van der Waals surface area contributed by atoms with Crippen molar-refractivity contribution >= 4 is 53.2 Å². The highest BCUT2D eigenvalue weighted by atomic mass is 35.6. The normalized spacial score (nSPS) is 10.3. The van der Waals surface area contributed by atoms with Crippen molar-refractivity contribution in [1.29, 1.82) is 0 Å². The number of aromatic carboxylic acids is 1. The molecule has 0 aliphatic carbocycles. The van der Waals surface area contributed by atoms with Gasteiger partial charge in [0.15, 0.2) is 0 Å². The molecule has 15 heavy (non-hydrogen) atoms. The van der Waals surface area contributed by atoms with Gasteiger partial charge in [0.05, 0.1) is 5.56 Å². The number of benzene rings is 1. The Balaban J connectivity index is 0.00000196. The van der Waals surface area contributed by atoms with Crippen LogP contribution in [0.25, 0.3) is 0 Å². The molecule has 0 aliphatic rings. The van der Waals surface area contributed by atoms with Crippen molar-refractivity contribution in [2.45, 2.75) is 3.98 Å². The van der Waals surface area contributed by atoms with Gasteiger partial charge in [-0.05, 0) is 59.1 Å². The predicted octanol–water partition coefficient (Wildman–Crippen LogP) is 3.51. The average Bonchev–Trinajstić information content (AvgIpc) is 2.02. The van der Waals surface area contributed by atoms with E-state index in [9.17, 15) is 4.79 Å². The maximum Gasteiger partial charge on any atom is 0.338 e. The lowest BCUT2D eigenvalue weighted by Gasteiger charge is -2.13. The molecule has 0 heterocycles. The summed E-state index contributed by atoms with van der Waals surface area (Å²) in [5.74, 6) is -0.736. The van der Waals surface area contributed by atoms with Gasteiger partial charge < -0.3 is 9.84 Å². The summed E-state index contributed by atoms with van der Waals surface area (Å²) in [4.78, 5) is 10.5. The summed E-state index contributed by atoms with van der Waals surface area (Å²) < 4.78 is 3.00. The molecule has 0 amide bonds. The summed E-state index contributed by atoms with van der Waals surface area (Å²) >= 11 is 16.1. The van der Waals surface area contributed by atoms with E-state index in [2.05, 4.69) is 0 Å². The number of rotatable bonds is 2. The molecule has 0 spiro atoms. The van der Waals surface area contributed by atoms with E-state index in [1.54, 1.807) is 0 Å². The van der Waals surface area contributed by atoms with Crippen molar-refractivity contribution in [3.8, 4) is 5.75 Å². The Bertz CT molecular complexity index is 331. The molecule has 0 fully saturated rings. The summed E-state index contributed by atoms with van der Waals surface area (Å²) in [5.41, 5.74) is 0.140. The van der Waals surface area contributed by atoms with Crippen LogP contribution in [0.15, 0.2) is 24.3 Å². The molecule has 1 rings (SSSR count). The smallest absolute Gasteiger partial charge is 0.338 e. The Hall–Kier alpha value is -0.350. The third-order valence-electron chi connectivity index (χ3n) is 1.33. The molecule has 1 N–H and O–H groups in total. The number of alkyl halides is 3. The summed E-state index contributed by atoms with van der Waals surface area (Å²) in [7, 11) is 0. The van der Waals surface area contributed by atoms with Gasteiger partial charge in [0.25, 0.3) is 0 Å². The number of carboxylic acid groups (broad SMARTS) is 1. The molecule has 7 heteroatoms. The molecule has 0 aromatic heterocycles. The zero-order valence-corrected chi connectivity index (χ0v) is 10.2. The van der Waals surface area contributed by atoms with Crippen LogP contribution in [0.5, 0.6) is 5.75 Å².